The van der Waals surface area contributed by atoms with Crippen LogP contribution < -0.4 is 5.56 Å². The standard InChI is InChI=1S/C16H16N4O/c1-10(2)7-12-9-15(21)20-16(19-12)11-3-4-13-14(8-11)18-6-5-17-13/h3-6,8-10H,7H2,1-2H3,(H,19,20,21). The third-order valence-electron chi connectivity index (χ3n) is 3.15. The molecule has 0 spiro atoms. The van der Waals surface area contributed by atoms with Crippen LogP contribution in [0, 0.1) is 5.92 Å². The van der Waals surface area contributed by atoms with Crippen LogP contribution in [0.25, 0.3) is 22.4 Å². The number of rotatable bonds is 3. The van der Waals surface area contributed by atoms with Gasteiger partial charge in [0.2, 0.25) is 0 Å². The fourth-order valence-electron chi connectivity index (χ4n) is 2.28. The number of benzene rings is 1. The molecule has 0 radical (unpaired) electrons. The van der Waals surface area contributed by atoms with Gasteiger partial charge in [0.1, 0.15) is 5.82 Å². The molecular formula is C16H16N4O. The third kappa shape index (κ3) is 2.97. The lowest BCUT2D eigenvalue weighted by atomic mass is 10.1. The first-order valence-corrected chi connectivity index (χ1v) is 6.93. The van der Waals surface area contributed by atoms with E-state index < -0.39 is 0 Å². The molecule has 2 aromatic heterocycles. The minimum atomic E-state index is -0.130. The van der Waals surface area contributed by atoms with E-state index in [0.29, 0.717) is 11.7 Å². The average molecular weight is 280 g/mol. The van der Waals surface area contributed by atoms with E-state index in [1.165, 1.54) is 0 Å². The van der Waals surface area contributed by atoms with Crippen LogP contribution in [0.4, 0.5) is 0 Å². The van der Waals surface area contributed by atoms with Gasteiger partial charge in [0.15, 0.2) is 0 Å². The molecule has 21 heavy (non-hydrogen) atoms. The number of hydrogen-bond acceptors (Lipinski definition) is 4. The Morgan fingerprint density at radius 1 is 1.10 bits per heavy atom. The summed E-state index contributed by atoms with van der Waals surface area (Å²) < 4.78 is 0. The van der Waals surface area contributed by atoms with E-state index in [4.69, 9.17) is 0 Å². The van der Waals surface area contributed by atoms with Crippen LogP contribution in [0.1, 0.15) is 19.5 Å². The summed E-state index contributed by atoms with van der Waals surface area (Å²) in [6.45, 7) is 4.21. The normalized spacial score (nSPS) is 11.2. The third-order valence-corrected chi connectivity index (χ3v) is 3.15. The second kappa shape index (κ2) is 5.44. The highest BCUT2D eigenvalue weighted by molar-refractivity contribution is 5.79. The molecule has 0 saturated heterocycles. The average Bonchev–Trinajstić information content (AvgIpc) is 2.45. The quantitative estimate of drug-likeness (QED) is 0.800. The van der Waals surface area contributed by atoms with Crippen molar-refractivity contribution in [3.63, 3.8) is 0 Å². The van der Waals surface area contributed by atoms with Gasteiger partial charge in [-0.05, 0) is 30.5 Å². The topological polar surface area (TPSA) is 71.5 Å². The molecule has 3 rings (SSSR count). The summed E-state index contributed by atoms with van der Waals surface area (Å²) in [5.74, 6) is 1.03. The second-order valence-electron chi connectivity index (χ2n) is 5.44. The van der Waals surface area contributed by atoms with Gasteiger partial charge < -0.3 is 4.98 Å². The predicted molar refractivity (Wildman–Crippen MR) is 81.9 cm³/mol. The van der Waals surface area contributed by atoms with Crippen LogP contribution in [0.15, 0.2) is 41.5 Å². The van der Waals surface area contributed by atoms with Crippen LogP contribution in [0.3, 0.4) is 0 Å². The Morgan fingerprint density at radius 2 is 1.86 bits per heavy atom. The van der Waals surface area contributed by atoms with Crippen LogP contribution in [0.5, 0.6) is 0 Å². The summed E-state index contributed by atoms with van der Waals surface area (Å²) >= 11 is 0. The van der Waals surface area contributed by atoms with Crippen molar-refractivity contribution in [2.24, 2.45) is 5.92 Å². The number of H-pyrrole nitrogens is 1. The van der Waals surface area contributed by atoms with E-state index in [1.54, 1.807) is 18.5 Å². The molecule has 0 fully saturated rings. The summed E-state index contributed by atoms with van der Waals surface area (Å²) in [4.78, 5) is 27.7. The number of nitrogens with zero attached hydrogens (tertiary/aromatic N) is 3. The van der Waals surface area contributed by atoms with Crippen LogP contribution >= 0.6 is 0 Å². The molecule has 0 bridgehead atoms. The van der Waals surface area contributed by atoms with Crippen LogP contribution in [-0.2, 0) is 6.42 Å². The molecule has 5 heteroatoms. The van der Waals surface area contributed by atoms with E-state index in [9.17, 15) is 4.79 Å². The van der Waals surface area contributed by atoms with Gasteiger partial charge in [-0.15, -0.1) is 0 Å². The van der Waals surface area contributed by atoms with E-state index in [1.807, 2.05) is 18.2 Å². The monoisotopic (exact) mass is 280 g/mol. The van der Waals surface area contributed by atoms with Gasteiger partial charge in [-0.25, -0.2) is 4.98 Å². The molecule has 0 atom stereocenters. The van der Waals surface area contributed by atoms with E-state index >= 15 is 0 Å². The molecule has 0 aliphatic carbocycles. The SMILES string of the molecule is CC(C)Cc1cc(=O)[nH]c(-c2ccc3nccnc3c2)n1. The molecule has 0 saturated carbocycles. The van der Waals surface area contributed by atoms with E-state index in [0.717, 1.165) is 28.7 Å². The predicted octanol–water partition coefficient (Wildman–Crippen LogP) is 2.58. The highest BCUT2D eigenvalue weighted by atomic mass is 16.1. The van der Waals surface area contributed by atoms with Gasteiger partial charge >= 0.3 is 0 Å². The van der Waals surface area contributed by atoms with Gasteiger partial charge in [0.05, 0.1) is 11.0 Å². The van der Waals surface area contributed by atoms with Crippen molar-refractivity contribution in [3.05, 3.63) is 52.7 Å². The number of fused-ring (bicyclic) bond motifs is 1. The Balaban J connectivity index is 2.09. The Labute approximate surface area is 122 Å². The lowest BCUT2D eigenvalue weighted by Gasteiger charge is -2.07. The Morgan fingerprint density at radius 3 is 2.62 bits per heavy atom. The summed E-state index contributed by atoms with van der Waals surface area (Å²) in [5, 5.41) is 0. The Bertz CT molecular complexity index is 839. The zero-order chi connectivity index (χ0) is 14.8. The summed E-state index contributed by atoms with van der Waals surface area (Å²) in [6.07, 6.45) is 4.09. The molecule has 0 amide bonds. The molecule has 106 valence electrons. The number of aromatic nitrogens is 4. The highest BCUT2D eigenvalue weighted by Gasteiger charge is 2.07. The second-order valence-corrected chi connectivity index (χ2v) is 5.44. The van der Waals surface area contributed by atoms with Crippen molar-refractivity contribution in [2.45, 2.75) is 20.3 Å². The summed E-state index contributed by atoms with van der Waals surface area (Å²) in [7, 11) is 0. The van der Waals surface area contributed by atoms with Crippen molar-refractivity contribution in [2.75, 3.05) is 0 Å². The maximum absolute atomic E-state index is 11.8. The van der Waals surface area contributed by atoms with Gasteiger partial charge in [0, 0.05) is 29.7 Å². The molecule has 1 aromatic carbocycles. The van der Waals surface area contributed by atoms with Crippen molar-refractivity contribution in [1.82, 2.24) is 19.9 Å². The van der Waals surface area contributed by atoms with Crippen molar-refractivity contribution in [3.8, 4) is 11.4 Å². The first-order chi connectivity index (χ1) is 10.1. The fourth-order valence-corrected chi connectivity index (χ4v) is 2.28. The first-order valence-electron chi connectivity index (χ1n) is 6.93. The minimum Gasteiger partial charge on any atom is -0.307 e. The van der Waals surface area contributed by atoms with Gasteiger partial charge in [-0.2, -0.15) is 0 Å². The zero-order valence-corrected chi connectivity index (χ0v) is 12.0. The van der Waals surface area contributed by atoms with Crippen molar-refractivity contribution >= 4 is 11.0 Å². The van der Waals surface area contributed by atoms with Crippen LogP contribution in [0.2, 0.25) is 0 Å². The molecule has 0 unspecified atom stereocenters. The Kier molecular flexibility index (Phi) is 3.48. The number of nitrogens with one attached hydrogen (secondary N) is 1. The van der Waals surface area contributed by atoms with E-state index in [-0.39, 0.29) is 5.56 Å². The minimum absolute atomic E-state index is 0.130. The summed E-state index contributed by atoms with van der Waals surface area (Å²) in [6, 6.07) is 7.23. The zero-order valence-electron chi connectivity index (χ0n) is 12.0. The fraction of sp³-hybridized carbons (Fsp3) is 0.250. The lowest BCUT2D eigenvalue weighted by molar-refractivity contribution is 0.634. The first kappa shape index (κ1) is 13.4. The largest absolute Gasteiger partial charge is 0.307 e. The van der Waals surface area contributed by atoms with Gasteiger partial charge in [-0.1, -0.05) is 13.8 Å². The molecule has 5 nitrogen and oxygen atoms in total. The van der Waals surface area contributed by atoms with Crippen molar-refractivity contribution < 1.29 is 0 Å². The molecule has 0 aliphatic rings. The van der Waals surface area contributed by atoms with Gasteiger partial charge in [0.25, 0.3) is 5.56 Å². The molecule has 3 aromatic rings. The van der Waals surface area contributed by atoms with Crippen molar-refractivity contribution in [1.29, 1.82) is 0 Å². The Hall–Kier alpha value is -2.56. The van der Waals surface area contributed by atoms with Crippen LogP contribution in [-0.4, -0.2) is 19.9 Å². The molecule has 1 N–H and O–H groups in total. The number of aromatic amines is 1. The lowest BCUT2D eigenvalue weighted by Crippen LogP contribution is -2.11. The van der Waals surface area contributed by atoms with Gasteiger partial charge in [-0.3, -0.25) is 14.8 Å². The molecular weight excluding hydrogens is 264 g/mol. The maximum atomic E-state index is 11.8. The smallest absolute Gasteiger partial charge is 0.251 e. The maximum Gasteiger partial charge on any atom is 0.251 e. The molecule has 2 heterocycles. The highest BCUT2D eigenvalue weighted by Crippen LogP contribution is 2.19. The number of hydrogen-bond donors (Lipinski definition) is 1. The molecule has 0 aliphatic heterocycles. The van der Waals surface area contributed by atoms with E-state index in [2.05, 4.69) is 33.8 Å². The summed E-state index contributed by atoms with van der Waals surface area (Å²) in [5.41, 5.74) is 3.12.